The molecular weight excluding hydrogens is 488 g/mol. The fourth-order valence-corrected chi connectivity index (χ4v) is 4.53. The molecule has 1 aliphatic rings. The van der Waals surface area contributed by atoms with Crippen LogP contribution in [0.2, 0.25) is 0 Å². The van der Waals surface area contributed by atoms with Crippen LogP contribution >= 0.6 is 0 Å². The second-order valence-electron chi connectivity index (χ2n) is 9.53. The number of hydrogen-bond acceptors (Lipinski definition) is 7. The smallest absolute Gasteiger partial charge is 0.359 e. The van der Waals surface area contributed by atoms with E-state index in [0.29, 0.717) is 11.5 Å². The zero-order chi connectivity index (χ0) is 27.4. The monoisotopic (exact) mass is 520 g/mol. The van der Waals surface area contributed by atoms with Crippen LogP contribution in [0.25, 0.3) is 0 Å². The lowest BCUT2D eigenvalue weighted by atomic mass is 9.93. The van der Waals surface area contributed by atoms with E-state index in [2.05, 4.69) is 10.3 Å². The first-order valence-electron chi connectivity index (χ1n) is 12.3. The van der Waals surface area contributed by atoms with Crippen molar-refractivity contribution in [3.8, 4) is 11.5 Å². The molecule has 0 bridgehead atoms. The first kappa shape index (κ1) is 26.7. The fraction of sp³-hybridized carbons (Fsp3) is 0.357. The minimum atomic E-state index is -1.28. The van der Waals surface area contributed by atoms with Gasteiger partial charge in [0.25, 0.3) is 5.91 Å². The van der Waals surface area contributed by atoms with Crippen molar-refractivity contribution in [2.75, 3.05) is 14.2 Å². The first-order chi connectivity index (χ1) is 18.2. The van der Waals surface area contributed by atoms with Crippen LogP contribution in [-0.2, 0) is 29.2 Å². The van der Waals surface area contributed by atoms with Crippen molar-refractivity contribution in [2.24, 2.45) is 0 Å². The highest BCUT2D eigenvalue weighted by Crippen LogP contribution is 2.31. The van der Waals surface area contributed by atoms with E-state index in [1.165, 1.54) is 22.9 Å². The van der Waals surface area contributed by atoms with E-state index >= 15 is 0 Å². The first-order valence-corrected chi connectivity index (χ1v) is 12.3. The molecule has 0 radical (unpaired) electrons. The van der Waals surface area contributed by atoms with Gasteiger partial charge in [-0.25, -0.2) is 9.78 Å². The van der Waals surface area contributed by atoms with Gasteiger partial charge in [-0.3, -0.25) is 9.59 Å². The minimum Gasteiger partial charge on any atom is -0.496 e. The molecule has 0 fully saturated rings. The number of benzene rings is 2. The Bertz CT molecular complexity index is 1330. The van der Waals surface area contributed by atoms with Crippen LogP contribution in [0.1, 0.15) is 52.9 Å². The largest absolute Gasteiger partial charge is 0.496 e. The number of carbonyl (C=O) groups excluding carboxylic acids is 3. The Hall–Kier alpha value is -4.34. The third-order valence-corrected chi connectivity index (χ3v) is 6.50. The highest BCUT2D eigenvalue weighted by atomic mass is 16.5. The highest BCUT2D eigenvalue weighted by molar-refractivity contribution is 6.06. The lowest BCUT2D eigenvalue weighted by molar-refractivity contribution is -0.133. The van der Waals surface area contributed by atoms with E-state index in [-0.39, 0.29) is 43.0 Å². The van der Waals surface area contributed by atoms with Gasteiger partial charge in [0, 0.05) is 18.7 Å². The Labute approximate surface area is 221 Å². The molecule has 1 aromatic heterocycles. The van der Waals surface area contributed by atoms with Crippen molar-refractivity contribution in [3.63, 3.8) is 0 Å². The zero-order valence-corrected chi connectivity index (χ0v) is 22.2. The molecule has 38 heavy (non-hydrogen) atoms. The molecule has 2 amide bonds. The average molecular weight is 521 g/mol. The third-order valence-electron chi connectivity index (χ3n) is 6.50. The second kappa shape index (κ2) is 11.0. The van der Waals surface area contributed by atoms with E-state index < -0.39 is 17.4 Å². The van der Waals surface area contributed by atoms with Crippen LogP contribution in [0.3, 0.4) is 0 Å². The quantitative estimate of drug-likeness (QED) is 0.431. The van der Waals surface area contributed by atoms with Gasteiger partial charge in [0.1, 0.15) is 22.7 Å². The van der Waals surface area contributed by atoms with Gasteiger partial charge in [0.05, 0.1) is 33.2 Å². The molecule has 10 nitrogen and oxygen atoms in total. The second-order valence-corrected chi connectivity index (χ2v) is 9.53. The number of methoxy groups -OCH3 is 2. The van der Waals surface area contributed by atoms with Crippen LogP contribution in [0.15, 0.2) is 54.9 Å². The van der Waals surface area contributed by atoms with Gasteiger partial charge in [-0.15, -0.1) is 0 Å². The molecule has 0 saturated heterocycles. The summed E-state index contributed by atoms with van der Waals surface area (Å²) in [5, 5.41) is 2.96. The van der Waals surface area contributed by atoms with Crippen molar-refractivity contribution >= 4 is 17.8 Å². The normalized spacial score (nSPS) is 16.7. The summed E-state index contributed by atoms with van der Waals surface area (Å²) in [4.78, 5) is 45.5. The van der Waals surface area contributed by atoms with Crippen LogP contribution < -0.4 is 14.8 Å². The SMILES string of the molecule is COC(=O)c1ncn2c1C(=O)N(Cc1ccc(OC(C)C)cc1)C(C)(C(=O)NCc1ccccc1OC)C2. The molecule has 0 spiro atoms. The van der Waals surface area contributed by atoms with Gasteiger partial charge >= 0.3 is 5.97 Å². The lowest BCUT2D eigenvalue weighted by Crippen LogP contribution is -2.63. The summed E-state index contributed by atoms with van der Waals surface area (Å²) in [6, 6.07) is 14.8. The van der Waals surface area contributed by atoms with Crippen molar-refractivity contribution in [2.45, 2.75) is 52.0 Å². The van der Waals surface area contributed by atoms with Crippen molar-refractivity contribution in [1.82, 2.24) is 19.8 Å². The average Bonchev–Trinajstić information content (AvgIpc) is 3.33. The summed E-state index contributed by atoms with van der Waals surface area (Å²) in [6.07, 6.45) is 1.41. The number of esters is 1. The molecule has 4 rings (SSSR count). The number of nitrogens with zero attached hydrogens (tertiary/aromatic N) is 3. The minimum absolute atomic E-state index is 0.0248. The zero-order valence-electron chi connectivity index (χ0n) is 22.2. The number of para-hydroxylation sites is 1. The van der Waals surface area contributed by atoms with E-state index in [1.54, 1.807) is 14.0 Å². The van der Waals surface area contributed by atoms with Crippen molar-refractivity contribution in [1.29, 1.82) is 0 Å². The Balaban J connectivity index is 1.67. The molecular formula is C28H32N4O6. The third kappa shape index (κ3) is 5.20. The molecule has 2 aromatic carbocycles. The molecule has 200 valence electrons. The lowest BCUT2D eigenvalue weighted by Gasteiger charge is -2.43. The van der Waals surface area contributed by atoms with E-state index in [4.69, 9.17) is 14.2 Å². The summed E-state index contributed by atoms with van der Waals surface area (Å²) in [7, 11) is 2.80. The highest BCUT2D eigenvalue weighted by Gasteiger charge is 2.49. The predicted octanol–water partition coefficient (Wildman–Crippen LogP) is 3.20. The molecule has 0 aliphatic carbocycles. The maximum absolute atomic E-state index is 13.9. The molecule has 0 saturated carbocycles. The Morgan fingerprint density at radius 2 is 1.82 bits per heavy atom. The molecule has 10 heteroatoms. The number of ether oxygens (including phenoxy) is 3. The van der Waals surface area contributed by atoms with Gasteiger partial charge in [-0.05, 0) is 44.5 Å². The molecule has 1 N–H and O–H groups in total. The van der Waals surface area contributed by atoms with E-state index in [0.717, 1.165) is 11.1 Å². The number of hydrogen-bond donors (Lipinski definition) is 1. The number of aromatic nitrogens is 2. The summed E-state index contributed by atoms with van der Waals surface area (Å²) in [6.45, 7) is 6.04. The standard InChI is InChI=1S/C28H32N4O6/c1-18(2)38-21-12-10-19(11-13-21)15-32-25(33)24-23(26(34)37-5)30-17-31(24)16-28(32,3)27(35)29-14-20-8-6-7-9-22(20)36-4/h6-13,17-18H,14-16H2,1-5H3,(H,29,35). The predicted molar refractivity (Wildman–Crippen MR) is 139 cm³/mol. The van der Waals surface area contributed by atoms with Gasteiger partial charge in [-0.1, -0.05) is 30.3 Å². The van der Waals surface area contributed by atoms with E-state index in [9.17, 15) is 14.4 Å². The van der Waals surface area contributed by atoms with Crippen LogP contribution in [0.4, 0.5) is 0 Å². The van der Waals surface area contributed by atoms with Crippen molar-refractivity contribution < 1.29 is 28.6 Å². The molecule has 3 aromatic rings. The molecule has 1 aliphatic heterocycles. The van der Waals surface area contributed by atoms with Crippen LogP contribution in [0, 0.1) is 0 Å². The number of amides is 2. The van der Waals surface area contributed by atoms with E-state index in [1.807, 2.05) is 62.4 Å². The number of fused-ring (bicyclic) bond motifs is 1. The maximum atomic E-state index is 13.9. The van der Waals surface area contributed by atoms with Gasteiger partial charge in [0.15, 0.2) is 5.69 Å². The summed E-state index contributed by atoms with van der Waals surface area (Å²) in [5.41, 5.74) is 0.322. The summed E-state index contributed by atoms with van der Waals surface area (Å²) >= 11 is 0. The Morgan fingerprint density at radius 3 is 2.47 bits per heavy atom. The van der Waals surface area contributed by atoms with Crippen LogP contribution in [0.5, 0.6) is 11.5 Å². The summed E-state index contributed by atoms with van der Waals surface area (Å²) < 4.78 is 17.5. The molecule has 2 heterocycles. The molecule has 1 atom stereocenters. The summed E-state index contributed by atoms with van der Waals surface area (Å²) in [5.74, 6) is -0.205. The Kier molecular flexibility index (Phi) is 7.70. The number of carbonyl (C=O) groups is 3. The Morgan fingerprint density at radius 1 is 1.11 bits per heavy atom. The number of nitrogens with one attached hydrogen (secondary N) is 1. The van der Waals surface area contributed by atoms with Gasteiger partial charge < -0.3 is 29.0 Å². The molecule has 1 unspecified atom stereocenters. The number of imidazole rings is 1. The van der Waals surface area contributed by atoms with Gasteiger partial charge in [-0.2, -0.15) is 0 Å². The maximum Gasteiger partial charge on any atom is 0.359 e. The fourth-order valence-electron chi connectivity index (χ4n) is 4.53. The van der Waals surface area contributed by atoms with Crippen molar-refractivity contribution in [3.05, 3.63) is 77.4 Å². The number of rotatable bonds is 9. The topological polar surface area (TPSA) is 112 Å². The van der Waals surface area contributed by atoms with Crippen LogP contribution in [-0.4, -0.2) is 58.1 Å². The van der Waals surface area contributed by atoms with Gasteiger partial charge in [0.2, 0.25) is 5.91 Å².